The molecule has 3 aromatic rings. The van der Waals surface area contributed by atoms with Crippen LogP contribution in [0.4, 0.5) is 11.4 Å². The van der Waals surface area contributed by atoms with Crippen LogP contribution in [0.1, 0.15) is 5.56 Å². The summed E-state index contributed by atoms with van der Waals surface area (Å²) in [7, 11) is -0.896. The normalized spacial score (nSPS) is 15.2. The maximum absolute atomic E-state index is 13.5. The van der Waals surface area contributed by atoms with E-state index in [2.05, 4.69) is 5.32 Å². The number of anilines is 2. The molecule has 0 aliphatic carbocycles. The zero-order valence-electron chi connectivity index (χ0n) is 18.4. The third-order valence-corrected chi connectivity index (χ3v) is 7.08. The number of nitrogens with zero attached hydrogens (tertiary/aromatic N) is 1. The number of nitrogens with one attached hydrogen (secondary N) is 1. The van der Waals surface area contributed by atoms with E-state index in [1.165, 1.54) is 18.5 Å². The first-order valence-corrected chi connectivity index (χ1v) is 11.7. The van der Waals surface area contributed by atoms with Gasteiger partial charge >= 0.3 is 0 Å². The van der Waals surface area contributed by atoms with Gasteiger partial charge in [-0.15, -0.1) is 0 Å². The Balaban J connectivity index is 1.63. The maximum atomic E-state index is 13.5. The quantitative estimate of drug-likeness (QED) is 0.594. The van der Waals surface area contributed by atoms with Crippen molar-refractivity contribution in [2.24, 2.45) is 0 Å². The average molecular weight is 469 g/mol. The Morgan fingerprint density at radius 1 is 1.00 bits per heavy atom. The SMILES string of the molecule is COc1ccc(NC(=O)C2CN(S(=O)(=O)c3ccc(C)cc3)c3ccccc3O2)cc1OC. The summed E-state index contributed by atoms with van der Waals surface area (Å²) in [5.74, 6) is 0.801. The van der Waals surface area contributed by atoms with Crippen LogP contribution in [0.25, 0.3) is 0 Å². The predicted molar refractivity (Wildman–Crippen MR) is 125 cm³/mol. The molecule has 1 atom stereocenters. The van der Waals surface area contributed by atoms with Crippen LogP contribution in [0.2, 0.25) is 0 Å². The first kappa shape index (κ1) is 22.5. The molecule has 1 amide bonds. The number of amides is 1. The molecule has 172 valence electrons. The molecule has 1 N–H and O–H groups in total. The minimum Gasteiger partial charge on any atom is -0.493 e. The first-order chi connectivity index (χ1) is 15.8. The van der Waals surface area contributed by atoms with Gasteiger partial charge in [-0.25, -0.2) is 8.42 Å². The number of carbonyl (C=O) groups excluding carboxylic acids is 1. The van der Waals surface area contributed by atoms with Gasteiger partial charge in [0.2, 0.25) is 0 Å². The summed E-state index contributed by atoms with van der Waals surface area (Å²) >= 11 is 0. The highest BCUT2D eigenvalue weighted by Crippen LogP contribution is 2.37. The molecule has 0 radical (unpaired) electrons. The van der Waals surface area contributed by atoms with Gasteiger partial charge in [0, 0.05) is 11.8 Å². The van der Waals surface area contributed by atoms with Crippen molar-refractivity contribution in [1.29, 1.82) is 0 Å². The largest absolute Gasteiger partial charge is 0.493 e. The van der Waals surface area contributed by atoms with E-state index >= 15 is 0 Å². The lowest BCUT2D eigenvalue weighted by molar-refractivity contribution is -0.122. The number of methoxy groups -OCH3 is 2. The Kier molecular flexibility index (Phi) is 6.15. The second-order valence-corrected chi connectivity index (χ2v) is 9.34. The van der Waals surface area contributed by atoms with Crippen LogP contribution in [-0.4, -0.2) is 41.2 Å². The standard InChI is InChI=1S/C24H24N2O6S/c1-16-8-11-18(12-9-16)33(28,29)26-15-23(32-20-7-5-4-6-19(20)26)24(27)25-17-10-13-21(30-2)22(14-17)31-3/h4-14,23H,15H2,1-3H3,(H,25,27). The van der Waals surface area contributed by atoms with Crippen LogP contribution in [0.5, 0.6) is 17.2 Å². The van der Waals surface area contributed by atoms with E-state index in [0.717, 1.165) is 5.56 Å². The molecule has 0 spiro atoms. The highest BCUT2D eigenvalue weighted by Gasteiger charge is 2.37. The highest BCUT2D eigenvalue weighted by atomic mass is 32.2. The van der Waals surface area contributed by atoms with Crippen molar-refractivity contribution in [3.63, 3.8) is 0 Å². The Morgan fingerprint density at radius 3 is 2.39 bits per heavy atom. The van der Waals surface area contributed by atoms with Crippen LogP contribution < -0.4 is 23.8 Å². The molecule has 0 aromatic heterocycles. The van der Waals surface area contributed by atoms with Crippen LogP contribution in [-0.2, 0) is 14.8 Å². The molecule has 1 aliphatic heterocycles. The molecule has 3 aromatic carbocycles. The van der Waals surface area contributed by atoms with Crippen molar-refractivity contribution in [1.82, 2.24) is 0 Å². The Labute approximate surface area is 192 Å². The molecular formula is C24H24N2O6S. The fourth-order valence-electron chi connectivity index (χ4n) is 3.54. The van der Waals surface area contributed by atoms with Crippen LogP contribution in [0.3, 0.4) is 0 Å². The van der Waals surface area contributed by atoms with Crippen LogP contribution >= 0.6 is 0 Å². The van der Waals surface area contributed by atoms with Gasteiger partial charge in [-0.1, -0.05) is 29.8 Å². The molecule has 1 aliphatic rings. The van der Waals surface area contributed by atoms with Gasteiger partial charge in [0.25, 0.3) is 15.9 Å². The van der Waals surface area contributed by atoms with Crippen LogP contribution in [0, 0.1) is 6.92 Å². The monoisotopic (exact) mass is 468 g/mol. The Morgan fingerprint density at radius 2 is 1.70 bits per heavy atom. The summed E-state index contributed by atoms with van der Waals surface area (Å²) in [5.41, 5.74) is 1.80. The molecule has 33 heavy (non-hydrogen) atoms. The summed E-state index contributed by atoms with van der Waals surface area (Å²) < 4.78 is 44.5. The van der Waals surface area contributed by atoms with E-state index in [-0.39, 0.29) is 11.4 Å². The zero-order chi connectivity index (χ0) is 23.6. The van der Waals surface area contributed by atoms with E-state index in [1.807, 2.05) is 6.92 Å². The summed E-state index contributed by atoms with van der Waals surface area (Å²) in [4.78, 5) is 13.2. The number of benzene rings is 3. The minimum absolute atomic E-state index is 0.142. The highest BCUT2D eigenvalue weighted by molar-refractivity contribution is 7.92. The summed E-state index contributed by atoms with van der Waals surface area (Å²) in [6.07, 6.45) is -1.06. The summed E-state index contributed by atoms with van der Waals surface area (Å²) in [6.45, 7) is 1.71. The van der Waals surface area contributed by atoms with Crippen molar-refractivity contribution < 1.29 is 27.4 Å². The number of hydrogen-bond donors (Lipinski definition) is 1. The fraction of sp³-hybridized carbons (Fsp3) is 0.208. The lowest BCUT2D eigenvalue weighted by Crippen LogP contribution is -2.48. The Bertz CT molecular complexity index is 1270. The van der Waals surface area contributed by atoms with Crippen molar-refractivity contribution in [2.75, 3.05) is 30.4 Å². The third-order valence-electron chi connectivity index (χ3n) is 5.29. The smallest absolute Gasteiger partial charge is 0.267 e. The summed E-state index contributed by atoms with van der Waals surface area (Å²) in [5, 5.41) is 2.77. The average Bonchev–Trinajstić information content (AvgIpc) is 2.83. The van der Waals surface area contributed by atoms with Crippen molar-refractivity contribution in [3.05, 3.63) is 72.3 Å². The number of para-hydroxylation sites is 2. The zero-order valence-corrected chi connectivity index (χ0v) is 19.3. The van der Waals surface area contributed by atoms with Gasteiger partial charge in [0.15, 0.2) is 17.6 Å². The molecule has 0 saturated heterocycles. The van der Waals surface area contributed by atoms with Crippen LogP contribution in [0.15, 0.2) is 71.6 Å². The van der Waals surface area contributed by atoms with E-state index in [4.69, 9.17) is 14.2 Å². The second-order valence-electron chi connectivity index (χ2n) is 7.48. The lowest BCUT2D eigenvalue weighted by Gasteiger charge is -2.34. The number of rotatable bonds is 6. The molecule has 8 nitrogen and oxygen atoms in total. The fourth-order valence-corrected chi connectivity index (χ4v) is 5.02. The lowest BCUT2D eigenvalue weighted by atomic mass is 10.2. The van der Waals surface area contributed by atoms with E-state index in [9.17, 15) is 13.2 Å². The van der Waals surface area contributed by atoms with Crippen molar-refractivity contribution in [3.8, 4) is 17.2 Å². The second kappa shape index (κ2) is 9.03. The van der Waals surface area contributed by atoms with E-state index < -0.39 is 22.0 Å². The molecule has 0 bridgehead atoms. The molecule has 0 fully saturated rings. The summed E-state index contributed by atoms with van der Waals surface area (Å²) in [6, 6.07) is 18.3. The van der Waals surface area contributed by atoms with Gasteiger partial charge in [-0.3, -0.25) is 9.10 Å². The number of fused-ring (bicyclic) bond motifs is 1. The molecule has 0 saturated carbocycles. The molecule has 1 unspecified atom stereocenters. The number of carbonyl (C=O) groups is 1. The van der Waals surface area contributed by atoms with Gasteiger partial charge in [-0.2, -0.15) is 0 Å². The molecule has 1 heterocycles. The molecule has 4 rings (SSSR count). The van der Waals surface area contributed by atoms with E-state index in [1.54, 1.807) is 66.7 Å². The van der Waals surface area contributed by atoms with Gasteiger partial charge in [0.05, 0.1) is 31.3 Å². The van der Waals surface area contributed by atoms with Gasteiger partial charge < -0.3 is 19.5 Å². The molecular weight excluding hydrogens is 444 g/mol. The third kappa shape index (κ3) is 4.45. The minimum atomic E-state index is -3.91. The Hall–Kier alpha value is -3.72. The number of ether oxygens (including phenoxy) is 3. The number of aryl methyl sites for hydroxylation is 1. The van der Waals surface area contributed by atoms with Crippen molar-refractivity contribution >= 4 is 27.3 Å². The first-order valence-electron chi connectivity index (χ1n) is 10.2. The molecule has 9 heteroatoms. The number of sulfonamides is 1. The van der Waals surface area contributed by atoms with E-state index in [0.29, 0.717) is 28.6 Å². The maximum Gasteiger partial charge on any atom is 0.267 e. The van der Waals surface area contributed by atoms with Gasteiger partial charge in [0.1, 0.15) is 5.75 Å². The van der Waals surface area contributed by atoms with Gasteiger partial charge in [-0.05, 0) is 43.3 Å². The topological polar surface area (TPSA) is 94.2 Å². The van der Waals surface area contributed by atoms with Crippen molar-refractivity contribution in [2.45, 2.75) is 17.9 Å². The predicted octanol–water partition coefficient (Wildman–Crippen LogP) is 3.61. The number of hydrogen-bond acceptors (Lipinski definition) is 6.